The van der Waals surface area contributed by atoms with Crippen LogP contribution in [0.5, 0.6) is 0 Å². The predicted octanol–water partition coefficient (Wildman–Crippen LogP) is -1.10. The number of hydrogen-bond acceptors (Lipinski definition) is 4. The molecule has 6 nitrogen and oxygen atoms in total. The molecule has 0 atom stereocenters. The number of nitrogens with zero attached hydrogens (tertiary/aromatic N) is 2. The highest BCUT2D eigenvalue weighted by molar-refractivity contribution is 5.86. The maximum absolute atomic E-state index is 11.3. The van der Waals surface area contributed by atoms with Crippen LogP contribution in [0.25, 0.3) is 0 Å². The van der Waals surface area contributed by atoms with Gasteiger partial charge in [-0.2, -0.15) is 0 Å². The summed E-state index contributed by atoms with van der Waals surface area (Å²) in [6.45, 7) is 0.539. The zero-order valence-corrected chi connectivity index (χ0v) is 6.80. The van der Waals surface area contributed by atoms with Gasteiger partial charge in [0.15, 0.2) is 0 Å². The number of aromatic carboxylic acids is 1. The maximum atomic E-state index is 11.3. The van der Waals surface area contributed by atoms with E-state index in [9.17, 15) is 9.59 Å². The Morgan fingerprint density at radius 3 is 2.92 bits per heavy atom. The molecule has 0 aromatic carbocycles. The summed E-state index contributed by atoms with van der Waals surface area (Å²) in [6, 6.07) is 0. The van der Waals surface area contributed by atoms with Crippen LogP contribution in [0.15, 0.2) is 17.3 Å². The molecule has 0 aliphatic carbocycles. The summed E-state index contributed by atoms with van der Waals surface area (Å²) in [7, 11) is 0. The molecular weight excluding hydrogens is 174 g/mol. The molecule has 0 radical (unpaired) electrons. The number of hydrogen-bond donors (Lipinski definition) is 2. The molecule has 1 rings (SSSR count). The van der Waals surface area contributed by atoms with Gasteiger partial charge in [0.1, 0.15) is 5.56 Å². The largest absolute Gasteiger partial charge is 0.477 e. The molecule has 0 unspecified atom stereocenters. The van der Waals surface area contributed by atoms with Crippen molar-refractivity contribution in [2.75, 3.05) is 6.54 Å². The van der Waals surface area contributed by atoms with Crippen LogP contribution in [0.1, 0.15) is 10.4 Å². The highest BCUT2D eigenvalue weighted by atomic mass is 16.4. The zero-order chi connectivity index (χ0) is 9.84. The van der Waals surface area contributed by atoms with Crippen LogP contribution >= 0.6 is 0 Å². The lowest BCUT2D eigenvalue weighted by Gasteiger charge is -2.02. The van der Waals surface area contributed by atoms with Crippen LogP contribution in [-0.2, 0) is 6.54 Å². The number of rotatable bonds is 3. The minimum Gasteiger partial charge on any atom is -0.477 e. The fraction of sp³-hybridized carbons (Fsp3) is 0.286. The Bertz CT molecular complexity index is 371. The number of aromatic nitrogens is 2. The molecule has 70 valence electrons. The number of carbonyl (C=O) groups is 1. The second-order valence-corrected chi connectivity index (χ2v) is 2.40. The lowest BCUT2D eigenvalue weighted by atomic mass is 10.3. The third-order valence-corrected chi connectivity index (χ3v) is 1.50. The molecule has 0 fully saturated rings. The van der Waals surface area contributed by atoms with Gasteiger partial charge in [0.25, 0.3) is 5.56 Å². The standard InChI is InChI=1S/C7H9N3O3/c8-1-2-10-4-9-3-5(6(10)11)7(12)13/h3-4H,1-2,8H2,(H,12,13). The molecule has 0 amide bonds. The molecule has 3 N–H and O–H groups in total. The number of carboxylic acids is 1. The van der Waals surface area contributed by atoms with Gasteiger partial charge in [-0.3, -0.25) is 9.36 Å². The normalized spacial score (nSPS) is 9.92. The summed E-state index contributed by atoms with van der Waals surface area (Å²) in [6.07, 6.45) is 2.29. The number of nitrogens with two attached hydrogens (primary N) is 1. The van der Waals surface area contributed by atoms with Gasteiger partial charge in [-0.05, 0) is 0 Å². The zero-order valence-electron chi connectivity index (χ0n) is 6.80. The lowest BCUT2D eigenvalue weighted by molar-refractivity contribution is 0.0693. The van der Waals surface area contributed by atoms with Crippen molar-refractivity contribution >= 4 is 5.97 Å². The Labute approximate surface area is 73.6 Å². The molecular formula is C7H9N3O3. The average Bonchev–Trinajstić information content (AvgIpc) is 2.08. The minimum absolute atomic E-state index is 0.269. The minimum atomic E-state index is -1.27. The first kappa shape index (κ1) is 9.40. The first-order chi connectivity index (χ1) is 6.16. The molecule has 0 aliphatic rings. The first-order valence-corrected chi connectivity index (χ1v) is 3.64. The van der Waals surface area contributed by atoms with Gasteiger partial charge in [0.05, 0.1) is 6.33 Å². The van der Waals surface area contributed by atoms with Crippen molar-refractivity contribution < 1.29 is 9.90 Å². The molecule has 0 aliphatic heterocycles. The smallest absolute Gasteiger partial charge is 0.342 e. The second kappa shape index (κ2) is 3.81. The van der Waals surface area contributed by atoms with E-state index in [1.807, 2.05) is 0 Å². The Hall–Kier alpha value is -1.69. The third-order valence-electron chi connectivity index (χ3n) is 1.50. The monoisotopic (exact) mass is 183 g/mol. The molecule has 0 saturated heterocycles. The van der Waals surface area contributed by atoms with Crippen LogP contribution in [-0.4, -0.2) is 27.2 Å². The summed E-state index contributed by atoms with van der Waals surface area (Å²) >= 11 is 0. The summed E-state index contributed by atoms with van der Waals surface area (Å²) in [5, 5.41) is 8.57. The Morgan fingerprint density at radius 1 is 1.69 bits per heavy atom. The van der Waals surface area contributed by atoms with Crippen molar-refractivity contribution in [3.8, 4) is 0 Å². The van der Waals surface area contributed by atoms with Crippen LogP contribution in [0.3, 0.4) is 0 Å². The van der Waals surface area contributed by atoms with E-state index in [0.717, 1.165) is 6.20 Å². The fourth-order valence-electron chi connectivity index (χ4n) is 0.896. The van der Waals surface area contributed by atoms with E-state index in [1.54, 1.807) is 0 Å². The summed E-state index contributed by atoms with van der Waals surface area (Å²) in [4.78, 5) is 25.4. The van der Waals surface area contributed by atoms with Crippen LogP contribution < -0.4 is 11.3 Å². The molecule has 6 heteroatoms. The summed E-state index contributed by atoms with van der Waals surface area (Å²) < 4.78 is 1.17. The van der Waals surface area contributed by atoms with Crippen molar-refractivity contribution in [2.24, 2.45) is 5.73 Å². The first-order valence-electron chi connectivity index (χ1n) is 3.64. The lowest BCUT2D eigenvalue weighted by Crippen LogP contribution is -2.28. The Balaban J connectivity index is 3.19. The van der Waals surface area contributed by atoms with Crippen molar-refractivity contribution in [1.82, 2.24) is 9.55 Å². The van der Waals surface area contributed by atoms with E-state index in [4.69, 9.17) is 10.8 Å². The van der Waals surface area contributed by atoms with Gasteiger partial charge < -0.3 is 10.8 Å². The molecule has 13 heavy (non-hydrogen) atoms. The van der Waals surface area contributed by atoms with E-state index in [0.29, 0.717) is 0 Å². The molecule has 1 heterocycles. The quantitative estimate of drug-likeness (QED) is 0.619. The van der Waals surface area contributed by atoms with E-state index < -0.39 is 11.5 Å². The van der Waals surface area contributed by atoms with Crippen molar-refractivity contribution in [3.05, 3.63) is 28.4 Å². The van der Waals surface area contributed by atoms with Crippen molar-refractivity contribution in [1.29, 1.82) is 0 Å². The topological polar surface area (TPSA) is 98.2 Å². The predicted molar refractivity (Wildman–Crippen MR) is 44.5 cm³/mol. The molecule has 0 spiro atoms. The van der Waals surface area contributed by atoms with Crippen molar-refractivity contribution in [3.63, 3.8) is 0 Å². The average molecular weight is 183 g/mol. The van der Waals surface area contributed by atoms with E-state index >= 15 is 0 Å². The van der Waals surface area contributed by atoms with Crippen LogP contribution in [0.4, 0.5) is 0 Å². The van der Waals surface area contributed by atoms with Gasteiger partial charge in [0, 0.05) is 19.3 Å². The van der Waals surface area contributed by atoms with Gasteiger partial charge in [-0.15, -0.1) is 0 Å². The van der Waals surface area contributed by atoms with Gasteiger partial charge in [-0.25, -0.2) is 9.78 Å². The molecule has 1 aromatic heterocycles. The highest BCUT2D eigenvalue weighted by Gasteiger charge is 2.09. The fourth-order valence-corrected chi connectivity index (χ4v) is 0.896. The Kier molecular flexibility index (Phi) is 2.76. The Morgan fingerprint density at radius 2 is 2.38 bits per heavy atom. The summed E-state index contributed by atoms with van der Waals surface area (Å²) in [5.41, 5.74) is 4.31. The van der Waals surface area contributed by atoms with Gasteiger partial charge in [0.2, 0.25) is 0 Å². The van der Waals surface area contributed by atoms with Gasteiger partial charge >= 0.3 is 5.97 Å². The van der Waals surface area contributed by atoms with Crippen molar-refractivity contribution in [2.45, 2.75) is 6.54 Å². The molecule has 1 aromatic rings. The molecule has 0 bridgehead atoms. The second-order valence-electron chi connectivity index (χ2n) is 2.40. The van der Waals surface area contributed by atoms with E-state index in [1.165, 1.54) is 10.9 Å². The van der Waals surface area contributed by atoms with Gasteiger partial charge in [-0.1, -0.05) is 0 Å². The maximum Gasteiger partial charge on any atom is 0.342 e. The third kappa shape index (κ3) is 1.91. The summed E-state index contributed by atoms with van der Waals surface area (Å²) in [5.74, 6) is -1.27. The van der Waals surface area contributed by atoms with E-state index in [2.05, 4.69) is 4.98 Å². The highest BCUT2D eigenvalue weighted by Crippen LogP contribution is 1.87. The SMILES string of the molecule is NCCn1cncc(C(=O)O)c1=O. The van der Waals surface area contributed by atoms with Crippen LogP contribution in [0.2, 0.25) is 0 Å². The van der Waals surface area contributed by atoms with E-state index in [-0.39, 0.29) is 18.7 Å². The number of carboxylic acid groups (broad SMARTS) is 1. The van der Waals surface area contributed by atoms with Crippen LogP contribution in [0, 0.1) is 0 Å². The molecule has 0 saturated carbocycles.